The van der Waals surface area contributed by atoms with Crippen LogP contribution in [0.5, 0.6) is 0 Å². The molecule has 0 heterocycles. The lowest BCUT2D eigenvalue weighted by Crippen LogP contribution is -2.60. The van der Waals surface area contributed by atoms with Crippen molar-refractivity contribution in [3.8, 4) is 0 Å². The molecule has 0 aromatic heterocycles. The Morgan fingerprint density at radius 1 is 0.505 bits per heavy atom. The molecule has 532 valence electrons. The smallest absolute Gasteiger partial charge is 0.407 e. The first-order valence-electron chi connectivity index (χ1n) is 34.1. The number of carbonyl (C=O) groups excluding carboxylic acids is 10. The van der Waals surface area contributed by atoms with E-state index in [0.29, 0.717) is 29.0 Å². The lowest BCUT2D eigenvalue weighted by molar-refractivity contribution is -0.151. The summed E-state index contributed by atoms with van der Waals surface area (Å²) in [5.41, 5.74) is 7.96. The number of unbranched alkanes of at least 4 members (excludes halogenated alkanes) is 1. The Morgan fingerprint density at radius 3 is 1.67 bits per heavy atom. The van der Waals surface area contributed by atoms with Crippen molar-refractivity contribution in [1.82, 2.24) is 42.5 Å². The van der Waals surface area contributed by atoms with Crippen LogP contribution >= 0.6 is 11.6 Å². The van der Waals surface area contributed by atoms with Gasteiger partial charge in [-0.05, 0) is 146 Å². The maximum atomic E-state index is 14.8. The zero-order chi connectivity index (χ0) is 71.7. The standard InChI is InChI=1S/C74H94ClN9O15/c1-43(2)38-59(71(93)80-56(26-15-16-37-77-74(96)98-42-52-20-13-14-25-55(52)75)68(90)81-58(33-35-62(85)86)73(95)97-41-47-18-9-7-10-19-47)84-72(94)60(39-44(3)4)83-69(91)57(34-36-63(87)99-53-23-11-8-12-24-53)79-67(89)46(6)78-70(92)61(82-66(88)45(5)76)40-51-30-29-50-28-27-48-21-17-22-49-31-32-54(51)65(50)64(48)49/h7,9-10,13-14,17-22,25,27-32,43-46,53,56-61H,8,11-12,15-16,23-24,26,33-42,76H2,1-6H3,(H,77,96)(H,78,92)(H,79,89)(H,80,93)(H,81,90)(H,82,88)(H,83,91)(H,84,94)(H,85,86)/t45-,46-,56-,57-,58-,59-,60-,61-/m0/s1. The number of alkyl carbamates (subject to hydrolysis) is 1. The van der Waals surface area contributed by atoms with Crippen molar-refractivity contribution in [2.24, 2.45) is 17.6 Å². The minimum Gasteiger partial charge on any atom is -0.481 e. The van der Waals surface area contributed by atoms with Crippen LogP contribution in [0.15, 0.2) is 109 Å². The first kappa shape index (κ1) is 76.9. The van der Waals surface area contributed by atoms with E-state index in [4.69, 9.17) is 31.5 Å². The van der Waals surface area contributed by atoms with E-state index >= 15 is 0 Å². The van der Waals surface area contributed by atoms with Gasteiger partial charge in [0.15, 0.2) is 0 Å². The molecule has 1 saturated carbocycles. The molecular formula is C74H94ClN9O15. The highest BCUT2D eigenvalue weighted by Crippen LogP contribution is 2.36. The number of ether oxygens (including phenoxy) is 3. The minimum absolute atomic E-state index is 0.00636. The van der Waals surface area contributed by atoms with Gasteiger partial charge < -0.3 is 67.6 Å². The number of carboxylic acids is 1. The molecule has 8 atom stereocenters. The second-order valence-electron chi connectivity index (χ2n) is 26.3. The summed E-state index contributed by atoms with van der Waals surface area (Å²) in [7, 11) is 0. The number of carbonyl (C=O) groups is 11. The number of aliphatic carboxylic acids is 1. The van der Waals surface area contributed by atoms with Gasteiger partial charge in [0.1, 0.15) is 61.6 Å². The first-order valence-corrected chi connectivity index (χ1v) is 34.5. The summed E-state index contributed by atoms with van der Waals surface area (Å²) in [5.74, 6) is -8.88. The quantitative estimate of drug-likeness (QED) is 0.00764. The number of nitrogens with two attached hydrogens (primary N) is 1. The van der Waals surface area contributed by atoms with Gasteiger partial charge in [-0.3, -0.25) is 43.2 Å². The number of carboxylic acid groups (broad SMARTS) is 1. The van der Waals surface area contributed by atoms with E-state index < -0.39 is 120 Å². The first-order chi connectivity index (χ1) is 47.3. The molecule has 6 aromatic carbocycles. The molecule has 1 fully saturated rings. The highest BCUT2D eigenvalue weighted by Gasteiger charge is 2.36. The Hall–Kier alpha value is -9.42. The average Bonchev–Trinajstić information content (AvgIpc) is 0.742. The molecule has 8 amide bonds. The molecular weight excluding hydrogens is 1290 g/mol. The fourth-order valence-electron chi connectivity index (χ4n) is 11.9. The zero-order valence-corrected chi connectivity index (χ0v) is 57.8. The Balaban J connectivity index is 1.07. The lowest BCUT2D eigenvalue weighted by atomic mass is 9.90. The van der Waals surface area contributed by atoms with Gasteiger partial charge in [-0.25, -0.2) is 9.59 Å². The molecule has 7 rings (SSSR count). The fraction of sp³-hybridized carbons (Fsp3) is 0.473. The monoisotopic (exact) mass is 1380 g/mol. The normalized spacial score (nSPS) is 14.9. The number of hydrogen-bond donors (Lipinski definition) is 10. The van der Waals surface area contributed by atoms with E-state index in [0.717, 1.165) is 57.1 Å². The molecule has 25 heteroatoms. The summed E-state index contributed by atoms with van der Waals surface area (Å²) in [5, 5.41) is 37.6. The third-order valence-electron chi connectivity index (χ3n) is 17.3. The van der Waals surface area contributed by atoms with Crippen molar-refractivity contribution >= 4 is 109 Å². The number of nitrogens with one attached hydrogen (secondary N) is 8. The van der Waals surface area contributed by atoms with Crippen LogP contribution in [0.3, 0.4) is 0 Å². The van der Waals surface area contributed by atoms with E-state index in [2.05, 4.69) is 42.5 Å². The van der Waals surface area contributed by atoms with Crippen molar-refractivity contribution in [2.75, 3.05) is 6.54 Å². The Morgan fingerprint density at radius 2 is 1.04 bits per heavy atom. The maximum Gasteiger partial charge on any atom is 0.407 e. The SMILES string of the molecule is CC(C)C[C@H](NC(=O)[C@H](CCC(=O)OC1CCCCC1)NC(=O)[C@H](C)NC(=O)[C@H](Cc1ccc2ccc3cccc4ccc1c2c34)NC(=O)[C@H](C)N)C(=O)N[C@@H](CC(C)C)C(=O)N[C@@H](CCCCNC(=O)OCc1ccccc1Cl)C(=O)N[C@@H](CCC(=O)O)C(=O)OCc1ccccc1. The summed E-state index contributed by atoms with van der Waals surface area (Å²) in [6.07, 6.45) is 1.95. The van der Waals surface area contributed by atoms with Crippen molar-refractivity contribution in [3.05, 3.63) is 131 Å². The number of halogens is 1. The van der Waals surface area contributed by atoms with Crippen LogP contribution in [-0.4, -0.2) is 131 Å². The fourth-order valence-corrected chi connectivity index (χ4v) is 12.1. The van der Waals surface area contributed by atoms with Gasteiger partial charge in [0.05, 0.1) is 6.04 Å². The van der Waals surface area contributed by atoms with Gasteiger partial charge in [-0.2, -0.15) is 0 Å². The number of hydrogen-bond acceptors (Lipinski definition) is 15. The molecule has 0 aliphatic heterocycles. The molecule has 0 radical (unpaired) electrons. The molecule has 24 nitrogen and oxygen atoms in total. The number of esters is 2. The molecule has 1 aliphatic carbocycles. The summed E-state index contributed by atoms with van der Waals surface area (Å²) in [6, 6.07) is 22.8. The van der Waals surface area contributed by atoms with E-state index in [9.17, 15) is 57.8 Å². The minimum atomic E-state index is -1.50. The molecule has 1 aliphatic rings. The van der Waals surface area contributed by atoms with Crippen LogP contribution in [-0.2, 0) is 81.8 Å². The highest BCUT2D eigenvalue weighted by molar-refractivity contribution is 6.31. The second kappa shape index (κ2) is 38.1. The van der Waals surface area contributed by atoms with Crippen molar-refractivity contribution in [2.45, 2.75) is 206 Å². The second-order valence-corrected chi connectivity index (χ2v) is 26.7. The Kier molecular flexibility index (Phi) is 29.6. The van der Waals surface area contributed by atoms with Gasteiger partial charge in [0.2, 0.25) is 41.4 Å². The topological polar surface area (TPSA) is 358 Å². The molecule has 6 aromatic rings. The van der Waals surface area contributed by atoms with E-state index in [-0.39, 0.29) is 95.5 Å². The predicted molar refractivity (Wildman–Crippen MR) is 374 cm³/mol. The number of benzene rings is 6. The number of amides is 8. The van der Waals surface area contributed by atoms with Gasteiger partial charge >= 0.3 is 24.0 Å². The van der Waals surface area contributed by atoms with Crippen molar-refractivity contribution < 1.29 is 72.1 Å². The summed E-state index contributed by atoms with van der Waals surface area (Å²) >= 11 is 6.22. The van der Waals surface area contributed by atoms with Crippen LogP contribution in [0.4, 0.5) is 4.79 Å². The average molecular weight is 1390 g/mol. The molecule has 0 unspecified atom stereocenters. The highest BCUT2D eigenvalue weighted by atomic mass is 35.5. The van der Waals surface area contributed by atoms with Gasteiger partial charge in [0.25, 0.3) is 0 Å². The van der Waals surface area contributed by atoms with E-state index in [1.807, 2.05) is 54.6 Å². The maximum absolute atomic E-state index is 14.8. The van der Waals surface area contributed by atoms with E-state index in [1.54, 1.807) is 82.3 Å². The molecule has 0 saturated heterocycles. The third kappa shape index (κ3) is 23.9. The predicted octanol–water partition coefficient (Wildman–Crippen LogP) is 7.99. The van der Waals surface area contributed by atoms with Crippen molar-refractivity contribution in [3.63, 3.8) is 0 Å². The van der Waals surface area contributed by atoms with Gasteiger partial charge in [-0.15, -0.1) is 0 Å². The van der Waals surface area contributed by atoms with Gasteiger partial charge in [0, 0.05) is 36.4 Å². The molecule has 99 heavy (non-hydrogen) atoms. The van der Waals surface area contributed by atoms with E-state index in [1.165, 1.54) is 13.8 Å². The summed E-state index contributed by atoms with van der Waals surface area (Å²) in [4.78, 5) is 152. The van der Waals surface area contributed by atoms with Gasteiger partial charge in [-0.1, -0.05) is 149 Å². The van der Waals surface area contributed by atoms with Crippen LogP contribution in [0.2, 0.25) is 5.02 Å². The van der Waals surface area contributed by atoms with Crippen LogP contribution in [0.25, 0.3) is 32.3 Å². The summed E-state index contributed by atoms with van der Waals surface area (Å²) < 4.78 is 16.6. The Labute approximate surface area is 581 Å². The molecule has 11 N–H and O–H groups in total. The zero-order valence-electron chi connectivity index (χ0n) is 57.1. The van der Waals surface area contributed by atoms with Crippen LogP contribution in [0.1, 0.15) is 148 Å². The third-order valence-corrected chi connectivity index (χ3v) is 17.6. The number of rotatable bonds is 37. The summed E-state index contributed by atoms with van der Waals surface area (Å²) in [6.45, 7) is 9.86. The lowest BCUT2D eigenvalue weighted by Gasteiger charge is -2.29. The van der Waals surface area contributed by atoms with Crippen LogP contribution < -0.4 is 48.3 Å². The van der Waals surface area contributed by atoms with Crippen LogP contribution in [0, 0.1) is 11.8 Å². The molecule has 0 spiro atoms. The molecule has 0 bridgehead atoms. The Bertz CT molecular complexity index is 3750. The van der Waals surface area contributed by atoms with Crippen molar-refractivity contribution in [1.29, 1.82) is 0 Å². The largest absolute Gasteiger partial charge is 0.481 e.